The van der Waals surface area contributed by atoms with E-state index in [-0.39, 0.29) is 17.9 Å². The monoisotopic (exact) mass is 171 g/mol. The van der Waals surface area contributed by atoms with Crippen LogP contribution in [0.25, 0.3) is 0 Å². The number of carboxylic acid groups (broad SMARTS) is 1. The van der Waals surface area contributed by atoms with Gasteiger partial charge in [0.1, 0.15) is 0 Å². The normalized spacial score (nSPS) is 20.6. The van der Waals surface area contributed by atoms with Crippen molar-refractivity contribution in [3.05, 3.63) is 0 Å². The van der Waals surface area contributed by atoms with Gasteiger partial charge in [-0.25, -0.2) is 0 Å². The van der Waals surface area contributed by atoms with Crippen molar-refractivity contribution in [1.82, 2.24) is 0 Å². The zero-order valence-corrected chi connectivity index (χ0v) is 7.71. The fourth-order valence-electron chi connectivity index (χ4n) is 1.72. The Morgan fingerprint density at radius 1 is 1.67 bits per heavy atom. The Morgan fingerprint density at radius 3 is 2.42 bits per heavy atom. The van der Waals surface area contributed by atoms with Gasteiger partial charge in [-0.05, 0) is 38.5 Å². The molecule has 1 atom stereocenters. The molecule has 0 radical (unpaired) electrons. The van der Waals surface area contributed by atoms with Crippen LogP contribution in [0.1, 0.15) is 33.1 Å². The summed E-state index contributed by atoms with van der Waals surface area (Å²) in [7, 11) is 0. The number of hydrogen-bond acceptors (Lipinski definition) is 2. The van der Waals surface area contributed by atoms with Crippen LogP contribution < -0.4 is 5.73 Å². The highest BCUT2D eigenvalue weighted by Gasteiger charge is 2.39. The first-order valence-corrected chi connectivity index (χ1v) is 4.42. The third-order valence-corrected chi connectivity index (χ3v) is 2.54. The van der Waals surface area contributed by atoms with Crippen LogP contribution in [-0.2, 0) is 4.79 Å². The lowest BCUT2D eigenvalue weighted by Gasteiger charge is -2.29. The van der Waals surface area contributed by atoms with E-state index in [1.807, 2.05) is 13.8 Å². The molecule has 70 valence electrons. The maximum absolute atomic E-state index is 10.5. The van der Waals surface area contributed by atoms with Crippen LogP contribution in [0.5, 0.6) is 0 Å². The molecule has 0 bridgehead atoms. The second kappa shape index (κ2) is 3.05. The molecular weight excluding hydrogens is 154 g/mol. The Labute approximate surface area is 72.9 Å². The second-order valence-electron chi connectivity index (χ2n) is 4.36. The van der Waals surface area contributed by atoms with Crippen molar-refractivity contribution in [2.45, 2.75) is 38.6 Å². The van der Waals surface area contributed by atoms with Crippen LogP contribution in [0.3, 0.4) is 0 Å². The summed E-state index contributed by atoms with van der Waals surface area (Å²) in [5, 5.41) is 8.67. The minimum absolute atomic E-state index is 0.148. The first-order valence-electron chi connectivity index (χ1n) is 4.42. The van der Waals surface area contributed by atoms with Crippen LogP contribution >= 0.6 is 0 Å². The first kappa shape index (κ1) is 9.52. The van der Waals surface area contributed by atoms with E-state index in [0.29, 0.717) is 5.92 Å². The maximum Gasteiger partial charge on any atom is 0.303 e. The lowest BCUT2D eigenvalue weighted by Crippen LogP contribution is -2.43. The molecule has 0 aromatic heterocycles. The van der Waals surface area contributed by atoms with E-state index in [0.717, 1.165) is 12.8 Å². The van der Waals surface area contributed by atoms with Gasteiger partial charge in [0, 0.05) is 5.54 Å². The molecule has 1 aliphatic rings. The van der Waals surface area contributed by atoms with Crippen LogP contribution in [0.4, 0.5) is 0 Å². The smallest absolute Gasteiger partial charge is 0.303 e. The Morgan fingerprint density at radius 2 is 2.17 bits per heavy atom. The van der Waals surface area contributed by atoms with Gasteiger partial charge >= 0.3 is 5.97 Å². The summed E-state index contributed by atoms with van der Waals surface area (Å²) in [6.07, 6.45) is 2.52. The van der Waals surface area contributed by atoms with Gasteiger partial charge in [-0.15, -0.1) is 0 Å². The minimum atomic E-state index is -0.731. The molecule has 0 saturated heterocycles. The van der Waals surface area contributed by atoms with Gasteiger partial charge in [-0.1, -0.05) is 0 Å². The Kier molecular flexibility index (Phi) is 2.42. The van der Waals surface area contributed by atoms with Crippen molar-refractivity contribution in [2.24, 2.45) is 17.6 Å². The van der Waals surface area contributed by atoms with Crippen LogP contribution in [-0.4, -0.2) is 16.6 Å². The number of rotatable bonds is 4. The van der Waals surface area contributed by atoms with E-state index in [2.05, 4.69) is 0 Å². The molecule has 1 aliphatic carbocycles. The number of nitrogens with two attached hydrogens (primary N) is 1. The van der Waals surface area contributed by atoms with E-state index >= 15 is 0 Å². The summed E-state index contributed by atoms with van der Waals surface area (Å²) < 4.78 is 0. The SMILES string of the molecule is CC(C)(N)C(CC(=O)O)C1CC1. The van der Waals surface area contributed by atoms with Crippen LogP contribution in [0.15, 0.2) is 0 Å². The molecule has 3 N–H and O–H groups in total. The van der Waals surface area contributed by atoms with Crippen molar-refractivity contribution in [3.8, 4) is 0 Å². The predicted molar refractivity (Wildman–Crippen MR) is 46.7 cm³/mol. The molecule has 12 heavy (non-hydrogen) atoms. The average molecular weight is 171 g/mol. The second-order valence-corrected chi connectivity index (χ2v) is 4.36. The molecule has 0 aromatic rings. The molecular formula is C9H17NO2. The molecule has 1 rings (SSSR count). The summed E-state index contributed by atoms with van der Waals surface area (Å²) in [6.45, 7) is 3.83. The zero-order valence-electron chi connectivity index (χ0n) is 7.71. The van der Waals surface area contributed by atoms with E-state index in [1.165, 1.54) is 0 Å². The summed E-state index contributed by atoms with van der Waals surface area (Å²) in [5.41, 5.74) is 5.56. The fourth-order valence-corrected chi connectivity index (χ4v) is 1.72. The largest absolute Gasteiger partial charge is 0.481 e. The van der Waals surface area contributed by atoms with Gasteiger partial charge in [0.15, 0.2) is 0 Å². The molecule has 0 spiro atoms. The molecule has 0 aliphatic heterocycles. The van der Waals surface area contributed by atoms with Crippen LogP contribution in [0.2, 0.25) is 0 Å². The molecule has 1 fully saturated rings. The quantitative estimate of drug-likeness (QED) is 0.668. The molecule has 1 saturated carbocycles. The highest BCUT2D eigenvalue weighted by atomic mass is 16.4. The van der Waals surface area contributed by atoms with Gasteiger partial charge < -0.3 is 10.8 Å². The van der Waals surface area contributed by atoms with Crippen molar-refractivity contribution >= 4 is 5.97 Å². The van der Waals surface area contributed by atoms with Gasteiger partial charge in [0.25, 0.3) is 0 Å². The molecule has 0 amide bonds. The third kappa shape index (κ3) is 2.48. The van der Waals surface area contributed by atoms with Gasteiger partial charge in [-0.3, -0.25) is 4.79 Å². The number of aliphatic carboxylic acids is 1. The maximum atomic E-state index is 10.5. The van der Waals surface area contributed by atoms with E-state index in [9.17, 15) is 4.79 Å². The standard InChI is InChI=1S/C9H17NO2/c1-9(2,10)7(5-8(11)12)6-3-4-6/h6-7H,3-5,10H2,1-2H3,(H,11,12). The highest BCUT2D eigenvalue weighted by Crippen LogP contribution is 2.42. The zero-order chi connectivity index (χ0) is 9.35. The number of carbonyl (C=O) groups is 1. The lowest BCUT2D eigenvalue weighted by molar-refractivity contribution is -0.138. The Balaban J connectivity index is 2.54. The van der Waals surface area contributed by atoms with Crippen LogP contribution in [0, 0.1) is 11.8 Å². The predicted octanol–water partition coefficient (Wildman–Crippen LogP) is 1.22. The van der Waals surface area contributed by atoms with E-state index in [1.54, 1.807) is 0 Å². The highest BCUT2D eigenvalue weighted by molar-refractivity contribution is 5.67. The van der Waals surface area contributed by atoms with Gasteiger partial charge in [0.2, 0.25) is 0 Å². The summed E-state index contributed by atoms with van der Waals surface area (Å²) >= 11 is 0. The van der Waals surface area contributed by atoms with Gasteiger partial charge in [-0.2, -0.15) is 0 Å². The molecule has 0 aromatic carbocycles. The summed E-state index contributed by atoms with van der Waals surface area (Å²) in [4.78, 5) is 10.5. The molecule has 1 unspecified atom stereocenters. The Bertz CT molecular complexity index is 179. The lowest BCUT2D eigenvalue weighted by atomic mass is 9.82. The first-order chi connectivity index (χ1) is 5.41. The Hall–Kier alpha value is -0.570. The number of hydrogen-bond donors (Lipinski definition) is 2. The molecule has 3 nitrogen and oxygen atoms in total. The van der Waals surface area contributed by atoms with Crippen molar-refractivity contribution in [2.75, 3.05) is 0 Å². The topological polar surface area (TPSA) is 63.3 Å². The average Bonchev–Trinajstić information content (AvgIpc) is 2.60. The van der Waals surface area contributed by atoms with Crippen molar-refractivity contribution < 1.29 is 9.90 Å². The summed E-state index contributed by atoms with van der Waals surface area (Å²) in [5.74, 6) is -0.0264. The van der Waals surface area contributed by atoms with Gasteiger partial charge in [0.05, 0.1) is 6.42 Å². The fraction of sp³-hybridized carbons (Fsp3) is 0.889. The molecule has 0 heterocycles. The van der Waals surface area contributed by atoms with Crippen molar-refractivity contribution in [1.29, 1.82) is 0 Å². The molecule has 3 heteroatoms. The third-order valence-electron chi connectivity index (χ3n) is 2.54. The summed E-state index contributed by atoms with van der Waals surface area (Å²) in [6, 6.07) is 0. The van der Waals surface area contributed by atoms with E-state index in [4.69, 9.17) is 10.8 Å². The minimum Gasteiger partial charge on any atom is -0.481 e. The van der Waals surface area contributed by atoms with Crippen molar-refractivity contribution in [3.63, 3.8) is 0 Å². The number of carboxylic acids is 1. The van der Waals surface area contributed by atoms with E-state index < -0.39 is 5.97 Å².